The molecule has 0 radical (unpaired) electrons. The molecule has 13 heavy (non-hydrogen) atoms. The molecule has 0 N–H and O–H groups in total. The summed E-state index contributed by atoms with van der Waals surface area (Å²) in [4.78, 5) is 0. The second-order valence-electron chi connectivity index (χ2n) is 2.56. The lowest BCUT2D eigenvalue weighted by molar-refractivity contribution is 0.211. The van der Waals surface area contributed by atoms with Gasteiger partial charge in [-0.2, -0.15) is 0 Å². The predicted octanol–water partition coefficient (Wildman–Crippen LogP) is 3.10. The smallest absolute Gasteiger partial charge is 0.387 e. The highest BCUT2D eigenvalue weighted by Crippen LogP contribution is 2.25. The second kappa shape index (κ2) is 6.95. The van der Waals surface area contributed by atoms with Crippen molar-refractivity contribution in [3.63, 3.8) is 0 Å². The van der Waals surface area contributed by atoms with Crippen LogP contribution in [-0.4, -0.2) is 25.1 Å². The minimum absolute atomic E-state index is 0.696. The molecule has 0 aromatic rings. The summed E-state index contributed by atoms with van der Waals surface area (Å²) >= 11 is 6.79. The molecule has 0 amide bonds. The molecule has 0 aliphatic heterocycles. The van der Waals surface area contributed by atoms with Crippen molar-refractivity contribution in [1.29, 1.82) is 0 Å². The van der Waals surface area contributed by atoms with E-state index in [-0.39, 0.29) is 0 Å². The summed E-state index contributed by atoms with van der Waals surface area (Å²) in [6.07, 6.45) is 0.905. The van der Waals surface area contributed by atoms with Crippen molar-refractivity contribution in [3.05, 3.63) is 0 Å². The van der Waals surface area contributed by atoms with E-state index in [1.165, 1.54) is 0 Å². The van der Waals surface area contributed by atoms with E-state index >= 15 is 0 Å². The lowest BCUT2D eigenvalue weighted by atomic mass is 10.6. The van der Waals surface area contributed by atoms with Gasteiger partial charge in [-0.05, 0) is 26.8 Å². The third-order valence-electron chi connectivity index (χ3n) is 1.40. The van der Waals surface area contributed by atoms with Crippen LogP contribution in [0.1, 0.15) is 27.2 Å². The van der Waals surface area contributed by atoms with Crippen LogP contribution in [0.3, 0.4) is 0 Å². The van der Waals surface area contributed by atoms with E-state index in [0.717, 1.165) is 10.6 Å². The zero-order valence-electron chi connectivity index (χ0n) is 8.75. The Morgan fingerprint density at radius 2 is 1.69 bits per heavy atom. The SMILES string of the molecule is CCO[Si](C)(OCC)SC(=S)CC. The molecular formula is C8H18O2S2Si. The standard InChI is InChI=1S/C8H18O2S2Si/c1-5-8(11)12-13(4,9-6-2)10-7-3/h5-7H2,1-4H3. The van der Waals surface area contributed by atoms with Crippen LogP contribution in [0.4, 0.5) is 0 Å². The number of hydrogen-bond acceptors (Lipinski definition) is 4. The summed E-state index contributed by atoms with van der Waals surface area (Å²) in [5.41, 5.74) is 0. The summed E-state index contributed by atoms with van der Waals surface area (Å²) in [6.45, 7) is 9.47. The van der Waals surface area contributed by atoms with Crippen LogP contribution in [0.5, 0.6) is 0 Å². The first kappa shape index (κ1) is 13.6. The molecule has 0 aliphatic rings. The van der Waals surface area contributed by atoms with Crippen LogP contribution in [0, 0.1) is 0 Å². The van der Waals surface area contributed by atoms with E-state index in [0.29, 0.717) is 13.2 Å². The van der Waals surface area contributed by atoms with Crippen molar-refractivity contribution in [1.82, 2.24) is 0 Å². The van der Waals surface area contributed by atoms with Gasteiger partial charge in [0.15, 0.2) is 0 Å². The lowest BCUT2D eigenvalue weighted by Gasteiger charge is -2.24. The summed E-state index contributed by atoms with van der Waals surface area (Å²) in [7, 11) is -2.06. The van der Waals surface area contributed by atoms with E-state index < -0.39 is 7.71 Å². The Labute approximate surface area is 91.3 Å². The molecule has 78 valence electrons. The normalized spacial score (nSPS) is 11.7. The fourth-order valence-corrected chi connectivity index (χ4v) is 6.81. The van der Waals surface area contributed by atoms with Crippen LogP contribution in [-0.2, 0) is 8.85 Å². The van der Waals surface area contributed by atoms with Gasteiger partial charge in [0, 0.05) is 17.4 Å². The Balaban J connectivity index is 4.13. The molecule has 0 saturated heterocycles. The largest absolute Gasteiger partial charge is 0.408 e. The third kappa shape index (κ3) is 5.80. The third-order valence-corrected chi connectivity index (χ3v) is 7.46. The molecule has 0 heterocycles. The summed E-state index contributed by atoms with van der Waals surface area (Å²) in [5.74, 6) is 0. The Kier molecular flexibility index (Phi) is 7.26. The maximum atomic E-state index is 5.63. The Morgan fingerprint density at radius 1 is 1.23 bits per heavy atom. The first-order valence-corrected chi connectivity index (χ1v) is 8.84. The molecule has 0 aromatic heterocycles. The molecule has 0 saturated carbocycles. The molecule has 0 rings (SSSR count). The Morgan fingerprint density at radius 3 is 2.00 bits per heavy atom. The second-order valence-corrected chi connectivity index (χ2v) is 9.14. The molecule has 0 spiro atoms. The number of thiocarbonyl (C=S) groups is 1. The monoisotopic (exact) mass is 238 g/mol. The quantitative estimate of drug-likeness (QED) is 0.522. The van der Waals surface area contributed by atoms with E-state index in [4.69, 9.17) is 21.1 Å². The summed E-state index contributed by atoms with van der Waals surface area (Å²) < 4.78 is 12.3. The molecule has 0 atom stereocenters. The van der Waals surface area contributed by atoms with Crippen molar-refractivity contribution in [3.8, 4) is 0 Å². The van der Waals surface area contributed by atoms with Gasteiger partial charge >= 0.3 is 7.71 Å². The van der Waals surface area contributed by atoms with Crippen molar-refractivity contribution in [2.24, 2.45) is 0 Å². The van der Waals surface area contributed by atoms with Crippen LogP contribution < -0.4 is 0 Å². The first-order chi connectivity index (χ1) is 6.08. The maximum absolute atomic E-state index is 5.63. The van der Waals surface area contributed by atoms with Crippen molar-refractivity contribution >= 4 is 35.3 Å². The fourth-order valence-electron chi connectivity index (χ4n) is 0.904. The van der Waals surface area contributed by atoms with Crippen LogP contribution in [0.15, 0.2) is 0 Å². The topological polar surface area (TPSA) is 18.5 Å². The molecule has 5 heteroatoms. The van der Waals surface area contributed by atoms with Gasteiger partial charge in [-0.3, -0.25) is 0 Å². The minimum atomic E-state index is -2.06. The average molecular weight is 238 g/mol. The molecule has 0 aliphatic carbocycles. The Bertz CT molecular complexity index is 158. The van der Waals surface area contributed by atoms with Gasteiger partial charge < -0.3 is 8.85 Å². The molecule has 0 aromatic carbocycles. The molecule has 0 fully saturated rings. The van der Waals surface area contributed by atoms with Gasteiger partial charge in [0.05, 0.1) is 0 Å². The fraction of sp³-hybridized carbons (Fsp3) is 0.875. The van der Waals surface area contributed by atoms with Gasteiger partial charge in [-0.15, -0.1) is 0 Å². The maximum Gasteiger partial charge on any atom is 0.408 e. The highest BCUT2D eigenvalue weighted by atomic mass is 32.4. The minimum Gasteiger partial charge on any atom is -0.387 e. The van der Waals surface area contributed by atoms with E-state index in [1.54, 1.807) is 11.2 Å². The molecular weight excluding hydrogens is 220 g/mol. The van der Waals surface area contributed by atoms with Crippen LogP contribution >= 0.6 is 23.4 Å². The van der Waals surface area contributed by atoms with Crippen LogP contribution in [0.25, 0.3) is 0 Å². The summed E-state index contributed by atoms with van der Waals surface area (Å²) in [5, 5.41) is 0. The van der Waals surface area contributed by atoms with Gasteiger partial charge in [0.25, 0.3) is 0 Å². The molecule has 2 nitrogen and oxygen atoms in total. The van der Waals surface area contributed by atoms with E-state index in [9.17, 15) is 0 Å². The first-order valence-electron chi connectivity index (χ1n) is 4.57. The van der Waals surface area contributed by atoms with Gasteiger partial charge in [0.1, 0.15) is 0 Å². The average Bonchev–Trinajstić information content (AvgIpc) is 2.04. The lowest BCUT2D eigenvalue weighted by Crippen LogP contribution is -2.36. The van der Waals surface area contributed by atoms with Crippen molar-refractivity contribution in [2.45, 2.75) is 33.7 Å². The van der Waals surface area contributed by atoms with Gasteiger partial charge in [-0.1, -0.05) is 30.4 Å². The summed E-state index contributed by atoms with van der Waals surface area (Å²) in [6, 6.07) is 0. The number of hydrogen-bond donors (Lipinski definition) is 0. The van der Waals surface area contributed by atoms with Crippen LogP contribution in [0.2, 0.25) is 6.55 Å². The Hall–Kier alpha value is 0.577. The highest BCUT2D eigenvalue weighted by Gasteiger charge is 2.33. The van der Waals surface area contributed by atoms with Gasteiger partial charge in [-0.25, -0.2) is 0 Å². The molecule has 0 bridgehead atoms. The van der Waals surface area contributed by atoms with Crippen molar-refractivity contribution in [2.75, 3.05) is 13.2 Å². The molecule has 0 unspecified atom stereocenters. The zero-order chi connectivity index (χ0) is 10.3. The highest BCUT2D eigenvalue weighted by molar-refractivity contribution is 8.42. The van der Waals surface area contributed by atoms with E-state index in [2.05, 4.69) is 6.92 Å². The van der Waals surface area contributed by atoms with E-state index in [1.807, 2.05) is 20.4 Å². The van der Waals surface area contributed by atoms with Gasteiger partial charge in [0.2, 0.25) is 0 Å². The van der Waals surface area contributed by atoms with Crippen molar-refractivity contribution < 1.29 is 8.85 Å². The predicted molar refractivity (Wildman–Crippen MR) is 65.4 cm³/mol. The number of rotatable bonds is 6. The zero-order valence-corrected chi connectivity index (χ0v) is 11.4.